The summed E-state index contributed by atoms with van der Waals surface area (Å²) in [6.07, 6.45) is 0.365. The standard InChI is InChI=1S/C21H21ClN2O3/c1-15-11-17(22)7-8-18(15)19(25)23-9-10-24-20(26)27-14-21(24,13-23)12-16-5-3-2-4-6-16/h2-8,11H,9-10,12-14H2,1H3. The van der Waals surface area contributed by atoms with Gasteiger partial charge in [-0.05, 0) is 36.2 Å². The lowest BCUT2D eigenvalue weighted by molar-refractivity contribution is 0.0375. The largest absolute Gasteiger partial charge is 0.447 e. The van der Waals surface area contributed by atoms with Gasteiger partial charge in [-0.3, -0.25) is 9.69 Å². The first kappa shape index (κ1) is 17.9. The molecule has 1 atom stereocenters. The van der Waals surface area contributed by atoms with E-state index in [1.165, 1.54) is 0 Å². The molecule has 5 nitrogen and oxygen atoms in total. The van der Waals surface area contributed by atoms with Crippen LogP contribution in [0.15, 0.2) is 48.5 Å². The molecule has 2 aromatic carbocycles. The Hall–Kier alpha value is -2.53. The lowest BCUT2D eigenvalue weighted by Gasteiger charge is -2.45. The molecule has 2 saturated heterocycles. The summed E-state index contributed by atoms with van der Waals surface area (Å²) in [5.41, 5.74) is 2.10. The predicted molar refractivity (Wildman–Crippen MR) is 103 cm³/mol. The molecule has 2 fully saturated rings. The maximum atomic E-state index is 13.1. The third-order valence-corrected chi connectivity index (χ3v) is 5.65. The van der Waals surface area contributed by atoms with Crippen LogP contribution in [0.2, 0.25) is 5.02 Å². The molecule has 2 aliphatic rings. The fourth-order valence-corrected chi connectivity index (χ4v) is 4.28. The van der Waals surface area contributed by atoms with E-state index in [-0.39, 0.29) is 12.0 Å². The second kappa shape index (κ2) is 6.89. The average molecular weight is 385 g/mol. The Morgan fingerprint density at radius 1 is 1.19 bits per heavy atom. The first-order valence-electron chi connectivity index (χ1n) is 9.02. The molecule has 1 unspecified atom stereocenters. The SMILES string of the molecule is Cc1cc(Cl)ccc1C(=O)N1CCN2C(=O)OCC2(Cc2ccccc2)C1. The van der Waals surface area contributed by atoms with Crippen LogP contribution in [0.1, 0.15) is 21.5 Å². The quantitative estimate of drug-likeness (QED) is 0.813. The summed E-state index contributed by atoms with van der Waals surface area (Å²) in [5, 5.41) is 0.615. The summed E-state index contributed by atoms with van der Waals surface area (Å²) in [6.45, 7) is 3.60. The van der Waals surface area contributed by atoms with Gasteiger partial charge in [0.05, 0.1) is 0 Å². The van der Waals surface area contributed by atoms with E-state index in [4.69, 9.17) is 16.3 Å². The van der Waals surface area contributed by atoms with Crippen molar-refractivity contribution in [1.29, 1.82) is 0 Å². The van der Waals surface area contributed by atoms with Crippen molar-refractivity contribution < 1.29 is 14.3 Å². The fourth-order valence-electron chi connectivity index (χ4n) is 4.05. The van der Waals surface area contributed by atoms with E-state index < -0.39 is 5.54 Å². The van der Waals surface area contributed by atoms with Crippen molar-refractivity contribution >= 4 is 23.6 Å². The van der Waals surface area contributed by atoms with Gasteiger partial charge in [-0.25, -0.2) is 4.79 Å². The van der Waals surface area contributed by atoms with Crippen LogP contribution < -0.4 is 0 Å². The number of carbonyl (C=O) groups excluding carboxylic acids is 2. The van der Waals surface area contributed by atoms with Crippen molar-refractivity contribution in [3.05, 3.63) is 70.2 Å². The summed E-state index contributed by atoms with van der Waals surface area (Å²) in [6, 6.07) is 15.3. The van der Waals surface area contributed by atoms with Gasteiger partial charge in [-0.15, -0.1) is 0 Å². The number of piperazine rings is 1. The number of fused-ring (bicyclic) bond motifs is 1. The van der Waals surface area contributed by atoms with E-state index in [0.29, 0.717) is 43.2 Å². The van der Waals surface area contributed by atoms with Crippen molar-refractivity contribution in [3.63, 3.8) is 0 Å². The van der Waals surface area contributed by atoms with Crippen LogP contribution in [-0.4, -0.2) is 53.6 Å². The number of amides is 2. The Labute approximate surface area is 163 Å². The molecule has 2 amide bonds. The van der Waals surface area contributed by atoms with Crippen LogP contribution in [0.4, 0.5) is 4.79 Å². The molecule has 0 N–H and O–H groups in total. The Balaban J connectivity index is 1.62. The van der Waals surface area contributed by atoms with Crippen molar-refractivity contribution in [2.24, 2.45) is 0 Å². The molecule has 0 aromatic heterocycles. The second-order valence-corrected chi connectivity index (χ2v) is 7.72. The van der Waals surface area contributed by atoms with Gasteiger partial charge in [-0.1, -0.05) is 41.9 Å². The summed E-state index contributed by atoms with van der Waals surface area (Å²) >= 11 is 6.02. The highest BCUT2D eigenvalue weighted by atomic mass is 35.5. The average Bonchev–Trinajstić information content (AvgIpc) is 2.98. The van der Waals surface area contributed by atoms with Crippen molar-refractivity contribution in [3.8, 4) is 0 Å². The lowest BCUT2D eigenvalue weighted by atomic mass is 9.87. The summed E-state index contributed by atoms with van der Waals surface area (Å²) < 4.78 is 5.38. The highest BCUT2D eigenvalue weighted by Crippen LogP contribution is 2.33. The van der Waals surface area contributed by atoms with Gasteiger partial charge in [0.15, 0.2) is 0 Å². The zero-order valence-electron chi connectivity index (χ0n) is 15.2. The van der Waals surface area contributed by atoms with Crippen LogP contribution in [0.5, 0.6) is 0 Å². The van der Waals surface area contributed by atoms with Gasteiger partial charge in [0, 0.05) is 36.6 Å². The topological polar surface area (TPSA) is 49.9 Å². The molecule has 0 saturated carbocycles. The van der Waals surface area contributed by atoms with E-state index in [9.17, 15) is 9.59 Å². The molecule has 2 aromatic rings. The number of hydrogen-bond donors (Lipinski definition) is 0. The van der Waals surface area contributed by atoms with E-state index >= 15 is 0 Å². The number of halogens is 1. The molecule has 0 radical (unpaired) electrons. The number of cyclic esters (lactones) is 1. The molecule has 0 aliphatic carbocycles. The molecule has 27 heavy (non-hydrogen) atoms. The highest BCUT2D eigenvalue weighted by Gasteiger charge is 2.51. The van der Waals surface area contributed by atoms with Crippen LogP contribution in [0.25, 0.3) is 0 Å². The minimum Gasteiger partial charge on any atom is -0.447 e. The number of benzene rings is 2. The van der Waals surface area contributed by atoms with Gasteiger partial charge in [0.2, 0.25) is 0 Å². The summed E-state index contributed by atoms with van der Waals surface area (Å²) in [4.78, 5) is 29.0. The Kier molecular flexibility index (Phi) is 4.56. The molecule has 0 spiro atoms. The van der Waals surface area contributed by atoms with Gasteiger partial charge in [0.25, 0.3) is 5.91 Å². The monoisotopic (exact) mass is 384 g/mol. The third-order valence-electron chi connectivity index (χ3n) is 5.42. The number of nitrogens with zero attached hydrogens (tertiary/aromatic N) is 2. The molecule has 0 bridgehead atoms. The van der Waals surface area contributed by atoms with E-state index in [1.54, 1.807) is 23.1 Å². The van der Waals surface area contributed by atoms with Gasteiger partial charge >= 0.3 is 6.09 Å². The molecular formula is C21H21ClN2O3. The summed E-state index contributed by atoms with van der Waals surface area (Å²) in [5.74, 6) is -0.0318. The van der Waals surface area contributed by atoms with Crippen LogP contribution in [0.3, 0.4) is 0 Å². The number of rotatable bonds is 3. The van der Waals surface area contributed by atoms with Gasteiger partial charge in [0.1, 0.15) is 12.1 Å². The zero-order chi connectivity index (χ0) is 19.0. The number of hydrogen-bond acceptors (Lipinski definition) is 3. The molecule has 6 heteroatoms. The number of aryl methyl sites for hydroxylation is 1. The maximum Gasteiger partial charge on any atom is 0.410 e. The fraction of sp³-hybridized carbons (Fsp3) is 0.333. The number of carbonyl (C=O) groups is 2. The van der Waals surface area contributed by atoms with Crippen molar-refractivity contribution in [2.75, 3.05) is 26.2 Å². The van der Waals surface area contributed by atoms with Gasteiger partial charge in [-0.2, -0.15) is 0 Å². The van der Waals surface area contributed by atoms with E-state index in [1.807, 2.05) is 42.2 Å². The Morgan fingerprint density at radius 2 is 1.96 bits per heavy atom. The predicted octanol–water partition coefficient (Wildman–Crippen LogP) is 3.54. The third kappa shape index (κ3) is 3.28. The molecular weight excluding hydrogens is 364 g/mol. The zero-order valence-corrected chi connectivity index (χ0v) is 15.9. The van der Waals surface area contributed by atoms with Crippen molar-refractivity contribution in [2.45, 2.75) is 18.9 Å². The second-order valence-electron chi connectivity index (χ2n) is 7.28. The number of ether oxygens (including phenoxy) is 1. The van der Waals surface area contributed by atoms with E-state index in [2.05, 4.69) is 0 Å². The minimum atomic E-state index is -0.521. The summed E-state index contributed by atoms with van der Waals surface area (Å²) in [7, 11) is 0. The van der Waals surface area contributed by atoms with Crippen LogP contribution in [-0.2, 0) is 11.2 Å². The Morgan fingerprint density at radius 3 is 2.70 bits per heavy atom. The highest BCUT2D eigenvalue weighted by molar-refractivity contribution is 6.30. The maximum absolute atomic E-state index is 13.1. The van der Waals surface area contributed by atoms with Gasteiger partial charge < -0.3 is 9.64 Å². The van der Waals surface area contributed by atoms with Crippen molar-refractivity contribution in [1.82, 2.24) is 9.80 Å². The molecule has 2 aliphatic heterocycles. The van der Waals surface area contributed by atoms with Crippen LogP contribution >= 0.6 is 11.6 Å². The molecule has 4 rings (SSSR count). The smallest absolute Gasteiger partial charge is 0.410 e. The molecule has 140 valence electrons. The lowest BCUT2D eigenvalue weighted by Crippen LogP contribution is -2.63. The first-order valence-corrected chi connectivity index (χ1v) is 9.40. The molecule has 2 heterocycles. The Bertz CT molecular complexity index is 886. The van der Waals surface area contributed by atoms with E-state index in [0.717, 1.165) is 11.1 Å². The van der Waals surface area contributed by atoms with Crippen LogP contribution in [0, 0.1) is 6.92 Å². The normalized spacial score (nSPS) is 21.8. The first-order chi connectivity index (χ1) is 13.0. The minimum absolute atomic E-state index is 0.0318.